The fourth-order valence-corrected chi connectivity index (χ4v) is 3.42. The molecule has 1 heterocycles. The van der Waals surface area contributed by atoms with E-state index < -0.39 is 0 Å². The summed E-state index contributed by atoms with van der Waals surface area (Å²) in [7, 11) is 1.46. The summed E-state index contributed by atoms with van der Waals surface area (Å²) >= 11 is 5.98. The number of likely N-dealkylation sites (tertiary alicyclic amines) is 1. The van der Waals surface area contributed by atoms with Crippen molar-refractivity contribution in [3.63, 3.8) is 0 Å². The van der Waals surface area contributed by atoms with Gasteiger partial charge in [0.1, 0.15) is 0 Å². The molecule has 0 aliphatic carbocycles. The number of carbonyl (C=O) groups is 1. The molecule has 2 atom stereocenters. The largest absolute Gasteiger partial charge is 0.469 e. The second-order valence-corrected chi connectivity index (χ2v) is 6.40. The molecular formula is C19H20ClNO2. The van der Waals surface area contributed by atoms with Crippen molar-refractivity contribution in [2.24, 2.45) is 5.92 Å². The van der Waals surface area contributed by atoms with Gasteiger partial charge in [0, 0.05) is 30.6 Å². The van der Waals surface area contributed by atoms with Crippen molar-refractivity contribution in [1.82, 2.24) is 4.90 Å². The highest BCUT2D eigenvalue weighted by atomic mass is 35.5. The van der Waals surface area contributed by atoms with Crippen LogP contribution in [0.25, 0.3) is 0 Å². The lowest BCUT2D eigenvalue weighted by Gasteiger charge is -2.17. The lowest BCUT2D eigenvalue weighted by Crippen LogP contribution is -2.24. The lowest BCUT2D eigenvalue weighted by atomic mass is 9.89. The molecule has 0 spiro atoms. The van der Waals surface area contributed by atoms with Crippen LogP contribution in [0.3, 0.4) is 0 Å². The first kappa shape index (κ1) is 16.0. The Kier molecular flexibility index (Phi) is 4.99. The van der Waals surface area contributed by atoms with Gasteiger partial charge in [-0.1, -0.05) is 54.1 Å². The Morgan fingerprint density at radius 1 is 1.13 bits per heavy atom. The van der Waals surface area contributed by atoms with E-state index in [-0.39, 0.29) is 17.8 Å². The fourth-order valence-electron chi connectivity index (χ4n) is 3.29. The van der Waals surface area contributed by atoms with Crippen LogP contribution in [-0.2, 0) is 16.1 Å². The number of hydrogen-bond acceptors (Lipinski definition) is 3. The Morgan fingerprint density at radius 2 is 1.83 bits per heavy atom. The van der Waals surface area contributed by atoms with Gasteiger partial charge in [-0.05, 0) is 23.3 Å². The van der Waals surface area contributed by atoms with Crippen molar-refractivity contribution in [3.8, 4) is 0 Å². The molecule has 4 heteroatoms. The van der Waals surface area contributed by atoms with Crippen molar-refractivity contribution >= 4 is 17.6 Å². The zero-order valence-electron chi connectivity index (χ0n) is 13.1. The van der Waals surface area contributed by atoms with Crippen LogP contribution in [0, 0.1) is 5.92 Å². The zero-order valence-corrected chi connectivity index (χ0v) is 13.9. The monoisotopic (exact) mass is 329 g/mol. The summed E-state index contributed by atoms with van der Waals surface area (Å²) in [5, 5.41) is 0.711. The third kappa shape index (κ3) is 3.74. The van der Waals surface area contributed by atoms with Crippen LogP contribution < -0.4 is 0 Å². The smallest absolute Gasteiger partial charge is 0.310 e. The molecule has 23 heavy (non-hydrogen) atoms. The maximum Gasteiger partial charge on any atom is 0.310 e. The van der Waals surface area contributed by atoms with E-state index in [0.29, 0.717) is 5.02 Å². The Balaban J connectivity index is 1.79. The van der Waals surface area contributed by atoms with Crippen LogP contribution >= 0.6 is 11.6 Å². The molecule has 1 aliphatic heterocycles. The van der Waals surface area contributed by atoms with Crippen molar-refractivity contribution in [1.29, 1.82) is 0 Å². The van der Waals surface area contributed by atoms with Gasteiger partial charge in [-0.3, -0.25) is 9.69 Å². The van der Waals surface area contributed by atoms with Gasteiger partial charge >= 0.3 is 5.97 Å². The number of nitrogens with zero attached hydrogens (tertiary/aromatic N) is 1. The molecule has 1 aliphatic rings. The van der Waals surface area contributed by atoms with E-state index in [9.17, 15) is 4.79 Å². The predicted octanol–water partition coefficient (Wildman–Crippen LogP) is 3.73. The Morgan fingerprint density at radius 3 is 2.48 bits per heavy atom. The summed E-state index contributed by atoms with van der Waals surface area (Å²) in [5.41, 5.74) is 2.40. The van der Waals surface area contributed by atoms with E-state index in [2.05, 4.69) is 17.0 Å². The average molecular weight is 330 g/mol. The van der Waals surface area contributed by atoms with E-state index >= 15 is 0 Å². The number of benzene rings is 2. The highest BCUT2D eigenvalue weighted by Crippen LogP contribution is 2.34. The van der Waals surface area contributed by atoms with Gasteiger partial charge in [-0.2, -0.15) is 0 Å². The first-order valence-electron chi connectivity index (χ1n) is 7.77. The minimum absolute atomic E-state index is 0.134. The van der Waals surface area contributed by atoms with Crippen molar-refractivity contribution in [2.45, 2.75) is 12.5 Å². The van der Waals surface area contributed by atoms with Gasteiger partial charge in [-0.25, -0.2) is 0 Å². The molecule has 0 saturated carbocycles. The normalized spacial score (nSPS) is 21.3. The van der Waals surface area contributed by atoms with E-state index in [1.807, 2.05) is 42.5 Å². The summed E-state index contributed by atoms with van der Waals surface area (Å²) in [5.74, 6) is -0.131. The number of hydrogen-bond donors (Lipinski definition) is 0. The molecule has 1 unspecified atom stereocenters. The fraction of sp³-hybridized carbons (Fsp3) is 0.316. The van der Waals surface area contributed by atoms with Gasteiger partial charge in [0.05, 0.1) is 13.0 Å². The van der Waals surface area contributed by atoms with Crippen molar-refractivity contribution in [2.75, 3.05) is 20.2 Å². The molecular weight excluding hydrogens is 310 g/mol. The maximum atomic E-state index is 12.2. The lowest BCUT2D eigenvalue weighted by molar-refractivity contribution is -0.145. The standard InChI is InChI=1S/C19H20ClNO2/c1-23-19(22)18-13-21(11-14-5-3-2-4-6-14)12-17(18)15-7-9-16(20)10-8-15/h2-10,17-18H,11-13H2,1H3/t17?,18-/m1/s1. The Labute approximate surface area is 141 Å². The van der Waals surface area contributed by atoms with E-state index in [1.54, 1.807) is 0 Å². The van der Waals surface area contributed by atoms with E-state index in [1.165, 1.54) is 12.7 Å². The number of ether oxygens (including phenoxy) is 1. The summed E-state index contributed by atoms with van der Waals surface area (Å²) in [6.07, 6.45) is 0. The molecule has 2 aromatic carbocycles. The van der Waals surface area contributed by atoms with Crippen molar-refractivity contribution < 1.29 is 9.53 Å². The van der Waals surface area contributed by atoms with E-state index in [0.717, 1.165) is 25.2 Å². The molecule has 3 nitrogen and oxygen atoms in total. The topological polar surface area (TPSA) is 29.5 Å². The summed E-state index contributed by atoms with van der Waals surface area (Å²) in [6.45, 7) is 2.41. The first-order chi connectivity index (χ1) is 11.2. The third-order valence-corrected chi connectivity index (χ3v) is 4.70. The number of carbonyl (C=O) groups excluding carboxylic acids is 1. The highest BCUT2D eigenvalue weighted by molar-refractivity contribution is 6.30. The summed E-state index contributed by atoms with van der Waals surface area (Å²) in [4.78, 5) is 14.5. The van der Waals surface area contributed by atoms with Gasteiger partial charge in [0.2, 0.25) is 0 Å². The minimum atomic E-state index is -0.138. The van der Waals surface area contributed by atoms with Crippen LogP contribution in [0.2, 0.25) is 5.02 Å². The molecule has 0 radical (unpaired) electrons. The van der Waals surface area contributed by atoms with Crippen molar-refractivity contribution in [3.05, 3.63) is 70.7 Å². The Bertz CT molecular complexity index is 657. The number of methoxy groups -OCH3 is 1. The molecule has 3 rings (SSSR count). The molecule has 1 fully saturated rings. The second-order valence-electron chi connectivity index (χ2n) is 5.97. The molecule has 1 saturated heterocycles. The van der Waals surface area contributed by atoms with Gasteiger partial charge in [0.25, 0.3) is 0 Å². The van der Waals surface area contributed by atoms with Crippen LogP contribution in [0.4, 0.5) is 0 Å². The van der Waals surface area contributed by atoms with Crippen LogP contribution in [-0.4, -0.2) is 31.1 Å². The predicted molar refractivity (Wildman–Crippen MR) is 91.4 cm³/mol. The zero-order chi connectivity index (χ0) is 16.2. The van der Waals surface area contributed by atoms with Crippen LogP contribution in [0.15, 0.2) is 54.6 Å². The first-order valence-corrected chi connectivity index (χ1v) is 8.14. The molecule has 2 aromatic rings. The number of halogens is 1. The van der Waals surface area contributed by atoms with Gasteiger partial charge in [0.15, 0.2) is 0 Å². The molecule has 0 aromatic heterocycles. The molecule has 0 bridgehead atoms. The molecule has 120 valence electrons. The van der Waals surface area contributed by atoms with Crippen LogP contribution in [0.5, 0.6) is 0 Å². The number of esters is 1. The molecule has 0 N–H and O–H groups in total. The average Bonchev–Trinajstić information content (AvgIpc) is 2.99. The molecule has 0 amide bonds. The number of rotatable bonds is 4. The quantitative estimate of drug-likeness (QED) is 0.800. The maximum absolute atomic E-state index is 12.2. The van der Waals surface area contributed by atoms with E-state index in [4.69, 9.17) is 16.3 Å². The second kappa shape index (κ2) is 7.16. The SMILES string of the molecule is COC(=O)[C@@H]1CN(Cc2ccccc2)CC1c1ccc(Cl)cc1. The summed E-state index contributed by atoms with van der Waals surface area (Å²) in [6, 6.07) is 18.1. The van der Waals surface area contributed by atoms with Crippen LogP contribution in [0.1, 0.15) is 17.0 Å². The summed E-state index contributed by atoms with van der Waals surface area (Å²) < 4.78 is 5.02. The van der Waals surface area contributed by atoms with Gasteiger partial charge in [-0.15, -0.1) is 0 Å². The van der Waals surface area contributed by atoms with Gasteiger partial charge < -0.3 is 4.74 Å². The Hall–Kier alpha value is -1.84. The minimum Gasteiger partial charge on any atom is -0.469 e. The highest BCUT2D eigenvalue weighted by Gasteiger charge is 2.39. The third-order valence-electron chi connectivity index (χ3n) is 4.45.